The van der Waals surface area contributed by atoms with Crippen molar-refractivity contribution in [3.05, 3.63) is 35.5 Å². The Morgan fingerprint density at radius 1 is 1.38 bits per heavy atom. The fourth-order valence-corrected chi connectivity index (χ4v) is 2.05. The molecule has 1 aliphatic heterocycles. The second-order valence-corrected chi connectivity index (χ2v) is 3.72. The average molecular weight is 174 g/mol. The molecule has 2 unspecified atom stereocenters. The van der Waals surface area contributed by atoms with Gasteiger partial charge in [0.2, 0.25) is 0 Å². The molecule has 2 heteroatoms. The van der Waals surface area contributed by atoms with Crippen LogP contribution < -0.4 is 0 Å². The first kappa shape index (κ1) is 7.13. The van der Waals surface area contributed by atoms with Crippen LogP contribution in [-0.4, -0.2) is 12.6 Å². The molecule has 3 aliphatic rings. The van der Waals surface area contributed by atoms with Gasteiger partial charge in [0.25, 0.3) is 0 Å². The first-order valence-corrected chi connectivity index (χ1v) is 4.61. The Labute approximate surface area is 76.6 Å². The van der Waals surface area contributed by atoms with Crippen molar-refractivity contribution >= 4 is 5.97 Å². The predicted octanol–water partition coefficient (Wildman–Crippen LogP) is 1.60. The third kappa shape index (κ3) is 0.981. The summed E-state index contributed by atoms with van der Waals surface area (Å²) in [4.78, 5) is 11.3. The lowest BCUT2D eigenvalue weighted by atomic mass is 9.94. The van der Waals surface area contributed by atoms with Crippen LogP contribution in [0, 0.1) is 11.8 Å². The van der Waals surface area contributed by atoms with Crippen LogP contribution in [0.2, 0.25) is 0 Å². The van der Waals surface area contributed by atoms with Gasteiger partial charge in [-0.15, -0.1) is 0 Å². The molecule has 2 atom stereocenters. The molecule has 0 radical (unpaired) electrons. The van der Waals surface area contributed by atoms with Gasteiger partial charge < -0.3 is 4.74 Å². The van der Waals surface area contributed by atoms with E-state index in [1.54, 1.807) is 0 Å². The maximum absolute atomic E-state index is 11.3. The smallest absolute Gasteiger partial charge is 0.313 e. The van der Waals surface area contributed by atoms with Crippen LogP contribution >= 0.6 is 0 Å². The lowest BCUT2D eigenvalue weighted by molar-refractivity contribution is -0.144. The molecule has 3 rings (SSSR count). The summed E-state index contributed by atoms with van der Waals surface area (Å²) in [6.45, 7) is 0.523. The number of hydrogen-bond donors (Lipinski definition) is 0. The SMILES string of the molecule is O=C1OCC2C=CC=CC2=C2CC12. The Morgan fingerprint density at radius 2 is 2.31 bits per heavy atom. The Bertz CT molecular complexity index is 360. The van der Waals surface area contributed by atoms with Gasteiger partial charge >= 0.3 is 5.97 Å². The van der Waals surface area contributed by atoms with Gasteiger partial charge in [0, 0.05) is 5.92 Å². The summed E-state index contributed by atoms with van der Waals surface area (Å²) in [7, 11) is 0. The predicted molar refractivity (Wildman–Crippen MR) is 47.9 cm³/mol. The Hall–Kier alpha value is -1.31. The van der Waals surface area contributed by atoms with Crippen LogP contribution in [0.3, 0.4) is 0 Å². The molecule has 1 heterocycles. The zero-order valence-corrected chi connectivity index (χ0v) is 7.19. The highest BCUT2D eigenvalue weighted by Gasteiger charge is 2.43. The first-order chi connectivity index (χ1) is 6.36. The van der Waals surface area contributed by atoms with E-state index in [4.69, 9.17) is 4.74 Å². The van der Waals surface area contributed by atoms with Crippen LogP contribution in [0.25, 0.3) is 0 Å². The topological polar surface area (TPSA) is 26.3 Å². The van der Waals surface area contributed by atoms with Crippen molar-refractivity contribution < 1.29 is 9.53 Å². The van der Waals surface area contributed by atoms with Gasteiger partial charge in [-0.3, -0.25) is 4.79 Å². The highest BCUT2D eigenvalue weighted by Crippen LogP contribution is 2.46. The minimum Gasteiger partial charge on any atom is -0.464 e. The lowest BCUT2D eigenvalue weighted by Crippen LogP contribution is -2.12. The van der Waals surface area contributed by atoms with E-state index in [1.165, 1.54) is 11.1 Å². The van der Waals surface area contributed by atoms with E-state index < -0.39 is 0 Å². The number of rotatable bonds is 0. The fourth-order valence-electron chi connectivity index (χ4n) is 2.05. The largest absolute Gasteiger partial charge is 0.464 e. The van der Waals surface area contributed by atoms with E-state index in [0.717, 1.165) is 6.42 Å². The third-order valence-electron chi connectivity index (χ3n) is 2.87. The molecule has 0 saturated heterocycles. The van der Waals surface area contributed by atoms with Crippen molar-refractivity contribution in [2.45, 2.75) is 6.42 Å². The minimum atomic E-state index is -0.0290. The van der Waals surface area contributed by atoms with Gasteiger partial charge in [0.05, 0.1) is 5.92 Å². The third-order valence-corrected chi connectivity index (χ3v) is 2.87. The minimum absolute atomic E-state index is 0.0290. The standard InChI is InChI=1S/C11H10O2/c12-11-10-5-9(10)8-4-2-1-3-7(8)6-13-11/h1-4,7,10H,5-6H2. The second kappa shape index (κ2) is 2.34. The van der Waals surface area contributed by atoms with Crippen molar-refractivity contribution in [3.63, 3.8) is 0 Å². The fraction of sp³-hybridized carbons (Fsp3) is 0.364. The molecule has 0 amide bonds. The molecule has 0 spiro atoms. The number of carbonyl (C=O) groups excluding carboxylic acids is 1. The zero-order valence-electron chi connectivity index (χ0n) is 7.19. The number of esters is 1. The van der Waals surface area contributed by atoms with E-state index in [-0.39, 0.29) is 11.9 Å². The number of hydrogen-bond acceptors (Lipinski definition) is 2. The molecule has 2 nitrogen and oxygen atoms in total. The number of carbonyl (C=O) groups is 1. The molecule has 2 aliphatic carbocycles. The molecule has 66 valence electrons. The first-order valence-electron chi connectivity index (χ1n) is 4.61. The normalized spacial score (nSPS) is 34.9. The molecule has 0 aromatic carbocycles. The zero-order chi connectivity index (χ0) is 8.84. The quantitative estimate of drug-likeness (QED) is 0.521. The Morgan fingerprint density at radius 3 is 3.23 bits per heavy atom. The van der Waals surface area contributed by atoms with Crippen LogP contribution in [0.1, 0.15) is 6.42 Å². The monoisotopic (exact) mass is 174 g/mol. The molecule has 0 aromatic heterocycles. The summed E-state index contributed by atoms with van der Waals surface area (Å²) in [5.74, 6) is 0.381. The van der Waals surface area contributed by atoms with Gasteiger partial charge in [-0.1, -0.05) is 29.9 Å². The number of cyclic esters (lactones) is 1. The van der Waals surface area contributed by atoms with E-state index in [2.05, 4.69) is 12.2 Å². The van der Waals surface area contributed by atoms with Crippen LogP contribution in [-0.2, 0) is 9.53 Å². The van der Waals surface area contributed by atoms with E-state index in [0.29, 0.717) is 12.5 Å². The summed E-state index contributed by atoms with van der Waals surface area (Å²) in [6, 6.07) is 0. The van der Waals surface area contributed by atoms with Gasteiger partial charge in [0.1, 0.15) is 6.61 Å². The van der Waals surface area contributed by atoms with Gasteiger partial charge in [-0.05, 0) is 12.0 Å². The molecule has 1 fully saturated rings. The summed E-state index contributed by atoms with van der Waals surface area (Å²) in [6.07, 6.45) is 9.19. The summed E-state index contributed by atoms with van der Waals surface area (Å²) >= 11 is 0. The van der Waals surface area contributed by atoms with E-state index in [1.807, 2.05) is 12.2 Å². The maximum Gasteiger partial charge on any atom is 0.313 e. The average Bonchev–Trinajstić information content (AvgIpc) is 2.93. The Balaban J connectivity index is 2.05. The molecule has 0 bridgehead atoms. The second-order valence-electron chi connectivity index (χ2n) is 3.72. The van der Waals surface area contributed by atoms with E-state index in [9.17, 15) is 4.79 Å². The summed E-state index contributed by atoms with van der Waals surface area (Å²) in [5.41, 5.74) is 2.62. The van der Waals surface area contributed by atoms with Crippen molar-refractivity contribution in [1.82, 2.24) is 0 Å². The van der Waals surface area contributed by atoms with Gasteiger partial charge in [-0.25, -0.2) is 0 Å². The van der Waals surface area contributed by atoms with Crippen molar-refractivity contribution in [2.24, 2.45) is 11.8 Å². The molecular weight excluding hydrogens is 164 g/mol. The summed E-state index contributed by atoms with van der Waals surface area (Å²) in [5, 5.41) is 0. The maximum atomic E-state index is 11.3. The van der Waals surface area contributed by atoms with Gasteiger partial charge in [0.15, 0.2) is 0 Å². The number of fused-ring (bicyclic) bond motifs is 2. The molecule has 1 saturated carbocycles. The highest BCUT2D eigenvalue weighted by molar-refractivity contribution is 5.82. The highest BCUT2D eigenvalue weighted by atomic mass is 16.5. The Kier molecular flexibility index (Phi) is 1.29. The van der Waals surface area contributed by atoms with E-state index >= 15 is 0 Å². The summed E-state index contributed by atoms with van der Waals surface area (Å²) < 4.78 is 5.16. The number of allylic oxidation sites excluding steroid dienone is 3. The van der Waals surface area contributed by atoms with Gasteiger partial charge in [-0.2, -0.15) is 0 Å². The van der Waals surface area contributed by atoms with Crippen LogP contribution in [0.4, 0.5) is 0 Å². The van der Waals surface area contributed by atoms with Crippen molar-refractivity contribution in [3.8, 4) is 0 Å². The number of ether oxygens (including phenoxy) is 1. The lowest BCUT2D eigenvalue weighted by Gasteiger charge is -2.14. The van der Waals surface area contributed by atoms with Crippen molar-refractivity contribution in [1.29, 1.82) is 0 Å². The molecule has 0 N–H and O–H groups in total. The van der Waals surface area contributed by atoms with Crippen LogP contribution in [0.5, 0.6) is 0 Å². The molecular formula is C11H10O2. The van der Waals surface area contributed by atoms with Crippen molar-refractivity contribution in [2.75, 3.05) is 6.61 Å². The van der Waals surface area contributed by atoms with Crippen LogP contribution in [0.15, 0.2) is 35.5 Å². The molecule has 0 aromatic rings. The molecule has 13 heavy (non-hydrogen) atoms.